The van der Waals surface area contributed by atoms with Crippen LogP contribution >= 0.6 is 0 Å². The molecule has 0 radical (unpaired) electrons. The van der Waals surface area contributed by atoms with Crippen LogP contribution in [0.25, 0.3) is 0 Å². The number of ketones is 1. The third-order valence-corrected chi connectivity index (χ3v) is 3.10. The Morgan fingerprint density at radius 2 is 2.04 bits per heavy atom. The normalized spacial score (nSPS) is 11.6. The van der Waals surface area contributed by atoms with Gasteiger partial charge in [0.1, 0.15) is 0 Å². The van der Waals surface area contributed by atoms with Crippen molar-refractivity contribution in [3.8, 4) is 5.75 Å². The van der Waals surface area contributed by atoms with Gasteiger partial charge in [0.2, 0.25) is 0 Å². The molecule has 0 heterocycles. The lowest BCUT2D eigenvalue weighted by Crippen LogP contribution is -2.39. The van der Waals surface area contributed by atoms with Gasteiger partial charge in [0.15, 0.2) is 11.5 Å². The summed E-state index contributed by atoms with van der Waals surface area (Å²) in [4.78, 5) is 34.5. The third kappa shape index (κ3) is 5.03. The predicted molar refractivity (Wildman–Crippen MR) is 82.7 cm³/mol. The second-order valence-corrected chi connectivity index (χ2v) is 4.63. The van der Waals surface area contributed by atoms with Gasteiger partial charge in [0.05, 0.1) is 31.1 Å². The Morgan fingerprint density at radius 3 is 2.57 bits per heavy atom. The van der Waals surface area contributed by atoms with Crippen LogP contribution in [0.15, 0.2) is 18.2 Å². The van der Waals surface area contributed by atoms with Crippen molar-refractivity contribution in [2.45, 2.75) is 26.3 Å². The number of hydrogen-bond acceptors (Lipinski definition) is 7. The Kier molecular flexibility index (Phi) is 7.14. The van der Waals surface area contributed by atoms with E-state index >= 15 is 0 Å². The standard InChI is InChI=1S/C15H20N2O6/c1-4-16-11(9-14(18)23-5-2)15(19)10-6-7-13(22-3)12(8-10)17(20)21/h6-8,11,16H,4-5,9H2,1-3H3. The smallest absolute Gasteiger partial charge is 0.311 e. The number of ether oxygens (including phenoxy) is 2. The summed E-state index contributed by atoms with van der Waals surface area (Å²) in [7, 11) is 1.31. The van der Waals surface area contributed by atoms with Gasteiger partial charge >= 0.3 is 11.7 Å². The van der Waals surface area contributed by atoms with Crippen molar-refractivity contribution in [1.82, 2.24) is 5.32 Å². The van der Waals surface area contributed by atoms with E-state index in [1.165, 1.54) is 19.2 Å². The monoisotopic (exact) mass is 324 g/mol. The number of nitrogens with one attached hydrogen (secondary N) is 1. The zero-order valence-electron chi connectivity index (χ0n) is 13.3. The van der Waals surface area contributed by atoms with Crippen molar-refractivity contribution < 1.29 is 24.0 Å². The highest BCUT2D eigenvalue weighted by Crippen LogP contribution is 2.28. The minimum atomic E-state index is -0.799. The van der Waals surface area contributed by atoms with Crippen LogP contribution < -0.4 is 10.1 Å². The number of rotatable bonds is 9. The first kappa shape index (κ1) is 18.6. The second-order valence-electron chi connectivity index (χ2n) is 4.63. The molecule has 0 aliphatic rings. The number of nitro benzene ring substituents is 1. The van der Waals surface area contributed by atoms with E-state index in [2.05, 4.69) is 5.32 Å². The van der Waals surface area contributed by atoms with Crippen LogP contribution in [-0.4, -0.2) is 43.0 Å². The fraction of sp³-hybridized carbons (Fsp3) is 0.467. The summed E-state index contributed by atoms with van der Waals surface area (Å²) < 4.78 is 9.75. The molecule has 1 aromatic rings. The molecule has 23 heavy (non-hydrogen) atoms. The molecule has 8 nitrogen and oxygen atoms in total. The quantitative estimate of drug-likeness (QED) is 0.319. The molecule has 0 saturated carbocycles. The number of carbonyl (C=O) groups is 2. The minimum absolute atomic E-state index is 0.0666. The van der Waals surface area contributed by atoms with E-state index in [-0.39, 0.29) is 30.0 Å². The van der Waals surface area contributed by atoms with Gasteiger partial charge in [-0.25, -0.2) is 0 Å². The van der Waals surface area contributed by atoms with E-state index in [1.807, 2.05) is 0 Å². The largest absolute Gasteiger partial charge is 0.490 e. The van der Waals surface area contributed by atoms with Gasteiger partial charge < -0.3 is 14.8 Å². The first-order chi connectivity index (χ1) is 10.9. The number of likely N-dealkylation sites (N-methyl/N-ethyl adjacent to an activating group) is 1. The summed E-state index contributed by atoms with van der Waals surface area (Å²) >= 11 is 0. The molecule has 0 bridgehead atoms. The maximum Gasteiger partial charge on any atom is 0.311 e. The van der Waals surface area contributed by atoms with E-state index in [1.54, 1.807) is 13.8 Å². The van der Waals surface area contributed by atoms with E-state index in [9.17, 15) is 19.7 Å². The molecule has 8 heteroatoms. The molecule has 1 N–H and O–H groups in total. The van der Waals surface area contributed by atoms with Crippen molar-refractivity contribution in [1.29, 1.82) is 0 Å². The summed E-state index contributed by atoms with van der Waals surface area (Å²) in [6, 6.07) is 3.14. The SMILES string of the molecule is CCNC(CC(=O)OCC)C(=O)c1ccc(OC)c([N+](=O)[O-])c1. The highest BCUT2D eigenvalue weighted by Gasteiger charge is 2.25. The summed E-state index contributed by atoms with van der Waals surface area (Å²) in [5, 5.41) is 13.9. The van der Waals surface area contributed by atoms with Crippen LogP contribution in [0.4, 0.5) is 5.69 Å². The topological polar surface area (TPSA) is 108 Å². The zero-order chi connectivity index (χ0) is 17.4. The van der Waals surface area contributed by atoms with Crippen molar-refractivity contribution in [3.05, 3.63) is 33.9 Å². The van der Waals surface area contributed by atoms with Crippen molar-refractivity contribution in [3.63, 3.8) is 0 Å². The van der Waals surface area contributed by atoms with Gasteiger partial charge in [0, 0.05) is 11.6 Å². The molecule has 0 saturated heterocycles. The summed E-state index contributed by atoms with van der Waals surface area (Å²) in [6.07, 6.45) is -0.139. The molecular weight excluding hydrogens is 304 g/mol. The van der Waals surface area contributed by atoms with E-state index in [0.717, 1.165) is 6.07 Å². The summed E-state index contributed by atoms with van der Waals surface area (Å²) in [5.41, 5.74) is -0.169. The van der Waals surface area contributed by atoms with Gasteiger partial charge in [-0.1, -0.05) is 6.92 Å². The molecule has 126 valence electrons. The number of methoxy groups -OCH3 is 1. The lowest BCUT2D eigenvalue weighted by atomic mass is 10.0. The van der Waals surface area contributed by atoms with Gasteiger partial charge in [-0.3, -0.25) is 19.7 Å². The molecule has 1 aromatic carbocycles. The summed E-state index contributed by atoms with van der Waals surface area (Å²) in [5.74, 6) is -0.850. The molecule has 0 aliphatic heterocycles. The average Bonchev–Trinajstić information content (AvgIpc) is 2.53. The number of Topliss-reactive ketones (excluding diaryl/α,β-unsaturated/α-hetero) is 1. The Hall–Kier alpha value is -2.48. The zero-order valence-corrected chi connectivity index (χ0v) is 13.3. The lowest BCUT2D eigenvalue weighted by Gasteiger charge is -2.16. The van der Waals surface area contributed by atoms with Crippen molar-refractivity contribution in [2.75, 3.05) is 20.3 Å². The van der Waals surface area contributed by atoms with Crippen LogP contribution in [0.1, 0.15) is 30.6 Å². The number of carbonyl (C=O) groups excluding carboxylic acids is 2. The van der Waals surface area contributed by atoms with E-state index < -0.39 is 22.7 Å². The number of nitro groups is 1. The number of nitrogens with zero attached hydrogens (tertiary/aromatic N) is 1. The van der Waals surface area contributed by atoms with Gasteiger partial charge in [-0.15, -0.1) is 0 Å². The predicted octanol–water partition coefficient (Wildman–Crippen LogP) is 1.72. The molecular formula is C15H20N2O6. The van der Waals surface area contributed by atoms with E-state index in [0.29, 0.717) is 6.54 Å². The Bertz CT molecular complexity index is 587. The maximum atomic E-state index is 12.5. The first-order valence-electron chi connectivity index (χ1n) is 7.20. The van der Waals surface area contributed by atoms with Crippen LogP contribution in [-0.2, 0) is 9.53 Å². The molecule has 0 aliphatic carbocycles. The molecule has 0 fully saturated rings. The Labute approximate surface area is 133 Å². The maximum absolute atomic E-state index is 12.5. The second kappa shape index (κ2) is 8.84. The Morgan fingerprint density at radius 1 is 1.35 bits per heavy atom. The van der Waals surface area contributed by atoms with E-state index in [4.69, 9.17) is 9.47 Å². The Balaban J connectivity index is 3.06. The molecule has 0 amide bonds. The van der Waals surface area contributed by atoms with Crippen LogP contribution in [0.3, 0.4) is 0 Å². The van der Waals surface area contributed by atoms with Gasteiger partial charge in [0.25, 0.3) is 0 Å². The number of benzene rings is 1. The molecule has 0 spiro atoms. The molecule has 1 unspecified atom stereocenters. The van der Waals surface area contributed by atoms with Gasteiger partial charge in [-0.2, -0.15) is 0 Å². The van der Waals surface area contributed by atoms with Crippen LogP contribution in [0.2, 0.25) is 0 Å². The molecule has 0 aromatic heterocycles. The first-order valence-corrected chi connectivity index (χ1v) is 7.20. The number of esters is 1. The van der Waals surface area contributed by atoms with Crippen LogP contribution in [0, 0.1) is 10.1 Å². The fourth-order valence-electron chi connectivity index (χ4n) is 2.08. The van der Waals surface area contributed by atoms with Crippen LogP contribution in [0.5, 0.6) is 5.75 Å². The molecule has 1 rings (SSSR count). The third-order valence-electron chi connectivity index (χ3n) is 3.10. The molecule has 1 atom stereocenters. The fourth-order valence-corrected chi connectivity index (χ4v) is 2.08. The number of hydrogen-bond donors (Lipinski definition) is 1. The minimum Gasteiger partial charge on any atom is -0.490 e. The van der Waals surface area contributed by atoms with Crippen molar-refractivity contribution in [2.24, 2.45) is 0 Å². The summed E-state index contributed by atoms with van der Waals surface area (Å²) in [6.45, 7) is 4.16. The lowest BCUT2D eigenvalue weighted by molar-refractivity contribution is -0.385. The highest BCUT2D eigenvalue weighted by molar-refractivity contribution is 6.02. The highest BCUT2D eigenvalue weighted by atomic mass is 16.6. The van der Waals surface area contributed by atoms with Crippen molar-refractivity contribution >= 4 is 17.4 Å². The average molecular weight is 324 g/mol. The van der Waals surface area contributed by atoms with Gasteiger partial charge in [-0.05, 0) is 25.6 Å².